The number of nitrogens with one attached hydrogen (secondary N) is 1. The van der Waals surface area contributed by atoms with E-state index < -0.39 is 5.97 Å². The highest BCUT2D eigenvalue weighted by Crippen LogP contribution is 2.09. The molecule has 0 saturated heterocycles. The Morgan fingerprint density at radius 2 is 1.28 bits per heavy atom. The average molecular weight is 357 g/mol. The molecule has 1 amide bonds. The Balaban J connectivity index is 0. The third kappa shape index (κ3) is 22.6. The third-order valence-corrected chi connectivity index (χ3v) is 4.10. The SMILES string of the molecule is CCCCCCCC/C=C\CCCCCCCC(=O)NCC(=O)[O-].[NH4+]. The van der Waals surface area contributed by atoms with E-state index in [4.69, 9.17) is 0 Å². The van der Waals surface area contributed by atoms with Gasteiger partial charge in [0.25, 0.3) is 0 Å². The van der Waals surface area contributed by atoms with Crippen LogP contribution in [0.5, 0.6) is 0 Å². The number of carbonyl (C=O) groups is 2. The van der Waals surface area contributed by atoms with Crippen LogP contribution in [0.15, 0.2) is 12.2 Å². The second-order valence-corrected chi connectivity index (χ2v) is 6.48. The normalized spacial score (nSPS) is 10.6. The molecule has 0 spiro atoms. The van der Waals surface area contributed by atoms with Crippen molar-refractivity contribution in [2.24, 2.45) is 0 Å². The Hall–Kier alpha value is -1.36. The van der Waals surface area contributed by atoms with Crippen molar-refractivity contribution in [2.75, 3.05) is 6.54 Å². The molecule has 0 radical (unpaired) electrons. The summed E-state index contributed by atoms with van der Waals surface area (Å²) in [5, 5.41) is 12.5. The number of quaternary nitrogens is 1. The zero-order valence-corrected chi connectivity index (χ0v) is 16.5. The Kier molecular flexibility index (Phi) is 21.4. The van der Waals surface area contributed by atoms with Crippen molar-refractivity contribution < 1.29 is 14.7 Å². The van der Waals surface area contributed by atoms with Gasteiger partial charge in [0.1, 0.15) is 0 Å². The average Bonchev–Trinajstić information content (AvgIpc) is 2.56. The molecule has 0 bridgehead atoms. The first-order valence-electron chi connectivity index (χ1n) is 9.78. The Morgan fingerprint density at radius 3 is 1.80 bits per heavy atom. The van der Waals surface area contributed by atoms with E-state index in [2.05, 4.69) is 24.4 Å². The molecule has 148 valence electrons. The number of hydrogen-bond acceptors (Lipinski definition) is 3. The summed E-state index contributed by atoms with van der Waals surface area (Å²) < 4.78 is 0. The van der Waals surface area contributed by atoms with Crippen LogP contribution in [-0.2, 0) is 9.59 Å². The van der Waals surface area contributed by atoms with Crippen molar-refractivity contribution in [1.29, 1.82) is 0 Å². The van der Waals surface area contributed by atoms with E-state index in [1.165, 1.54) is 57.8 Å². The van der Waals surface area contributed by atoms with Crippen LogP contribution in [0.3, 0.4) is 0 Å². The van der Waals surface area contributed by atoms with Gasteiger partial charge in [-0.15, -0.1) is 0 Å². The summed E-state index contributed by atoms with van der Waals surface area (Å²) in [7, 11) is 0. The lowest BCUT2D eigenvalue weighted by atomic mass is 10.1. The number of aliphatic carboxylic acids is 1. The van der Waals surface area contributed by atoms with Gasteiger partial charge in [0.05, 0.1) is 12.5 Å². The largest absolute Gasteiger partial charge is 0.548 e. The maximum Gasteiger partial charge on any atom is 0.220 e. The summed E-state index contributed by atoms with van der Waals surface area (Å²) >= 11 is 0. The molecule has 0 aliphatic carbocycles. The molecule has 0 atom stereocenters. The number of rotatable bonds is 17. The van der Waals surface area contributed by atoms with Crippen LogP contribution in [0.25, 0.3) is 0 Å². The molecule has 5 N–H and O–H groups in total. The summed E-state index contributed by atoms with van der Waals surface area (Å²) in [6.45, 7) is 1.86. The highest BCUT2D eigenvalue weighted by Gasteiger charge is 2.00. The standard InChI is InChI=1S/C20H37NO3.H3N/c1-2-3-4-5-6-7-8-9-10-11-12-13-14-15-16-17-19(22)21-18-20(23)24;/h9-10H,2-8,11-18H2,1H3,(H,21,22)(H,23,24);1H3/b10-9-;. The first-order valence-corrected chi connectivity index (χ1v) is 9.78. The number of carboxylic acid groups (broad SMARTS) is 1. The minimum atomic E-state index is -1.24. The molecule has 0 fully saturated rings. The summed E-state index contributed by atoms with van der Waals surface area (Å²) in [4.78, 5) is 21.5. The summed E-state index contributed by atoms with van der Waals surface area (Å²) in [5.41, 5.74) is 0. The summed E-state index contributed by atoms with van der Waals surface area (Å²) in [6, 6.07) is 0. The van der Waals surface area contributed by atoms with Gasteiger partial charge in [-0.3, -0.25) is 4.79 Å². The fourth-order valence-corrected chi connectivity index (χ4v) is 2.62. The molecule has 0 aromatic rings. The Morgan fingerprint density at radius 1 is 0.800 bits per heavy atom. The molecular formula is C20H40N2O3. The van der Waals surface area contributed by atoms with Gasteiger partial charge < -0.3 is 21.4 Å². The molecule has 0 saturated carbocycles. The number of carboxylic acids is 1. The topological polar surface area (TPSA) is 106 Å². The van der Waals surface area contributed by atoms with Crippen LogP contribution in [0.2, 0.25) is 0 Å². The molecule has 0 unspecified atom stereocenters. The maximum absolute atomic E-state index is 11.3. The fraction of sp³-hybridized carbons (Fsp3) is 0.800. The second kappa shape index (κ2) is 20.7. The molecule has 0 aliphatic heterocycles. The van der Waals surface area contributed by atoms with E-state index >= 15 is 0 Å². The molecule has 5 nitrogen and oxygen atoms in total. The molecule has 0 aromatic carbocycles. The number of hydrogen-bond donors (Lipinski definition) is 2. The van der Waals surface area contributed by atoms with Crippen molar-refractivity contribution in [3.63, 3.8) is 0 Å². The Bertz CT molecular complexity index is 344. The van der Waals surface area contributed by atoms with Crippen LogP contribution >= 0.6 is 0 Å². The zero-order chi connectivity index (χ0) is 17.9. The van der Waals surface area contributed by atoms with Crippen molar-refractivity contribution in [2.45, 2.75) is 96.8 Å². The van der Waals surface area contributed by atoms with Gasteiger partial charge in [-0.25, -0.2) is 0 Å². The van der Waals surface area contributed by atoms with Crippen molar-refractivity contribution in [3.05, 3.63) is 12.2 Å². The summed E-state index contributed by atoms with van der Waals surface area (Å²) in [6.07, 6.45) is 20.9. The second-order valence-electron chi connectivity index (χ2n) is 6.48. The zero-order valence-electron chi connectivity index (χ0n) is 16.5. The minimum absolute atomic E-state index is 0. The lowest BCUT2D eigenvalue weighted by Gasteiger charge is -2.05. The molecule has 5 heteroatoms. The predicted molar refractivity (Wildman–Crippen MR) is 103 cm³/mol. The first kappa shape index (κ1) is 25.9. The third-order valence-electron chi connectivity index (χ3n) is 4.10. The number of amides is 1. The van der Waals surface area contributed by atoms with E-state index in [1.54, 1.807) is 0 Å². The first-order chi connectivity index (χ1) is 11.7. The number of unbranched alkanes of at least 4 members (excludes halogenated alkanes) is 11. The van der Waals surface area contributed by atoms with E-state index in [0.717, 1.165) is 25.7 Å². The van der Waals surface area contributed by atoms with Crippen LogP contribution in [0.1, 0.15) is 96.8 Å². The van der Waals surface area contributed by atoms with Crippen molar-refractivity contribution in [1.82, 2.24) is 11.5 Å². The van der Waals surface area contributed by atoms with Gasteiger partial charge in [0, 0.05) is 6.42 Å². The monoisotopic (exact) mass is 356 g/mol. The minimum Gasteiger partial charge on any atom is -0.548 e. The quantitative estimate of drug-likeness (QED) is 0.300. The van der Waals surface area contributed by atoms with Gasteiger partial charge in [-0.2, -0.15) is 0 Å². The highest BCUT2D eigenvalue weighted by atomic mass is 16.4. The molecule has 0 heterocycles. The van der Waals surface area contributed by atoms with Gasteiger partial charge in [0.2, 0.25) is 5.91 Å². The van der Waals surface area contributed by atoms with Gasteiger partial charge >= 0.3 is 0 Å². The number of allylic oxidation sites excluding steroid dienone is 2. The molecular weight excluding hydrogens is 316 g/mol. The lowest BCUT2D eigenvalue weighted by Crippen LogP contribution is -2.37. The van der Waals surface area contributed by atoms with Crippen LogP contribution in [-0.4, -0.2) is 18.4 Å². The molecule has 0 rings (SSSR count). The van der Waals surface area contributed by atoms with Crippen LogP contribution in [0, 0.1) is 0 Å². The molecule has 0 aromatic heterocycles. The van der Waals surface area contributed by atoms with Gasteiger partial charge in [-0.1, -0.05) is 70.4 Å². The van der Waals surface area contributed by atoms with Gasteiger partial charge in [0.15, 0.2) is 0 Å². The van der Waals surface area contributed by atoms with Crippen molar-refractivity contribution >= 4 is 11.9 Å². The maximum atomic E-state index is 11.3. The van der Waals surface area contributed by atoms with Gasteiger partial charge in [-0.05, 0) is 32.1 Å². The predicted octanol–water partition coefficient (Wildman–Crippen LogP) is 4.27. The van der Waals surface area contributed by atoms with Crippen LogP contribution < -0.4 is 16.6 Å². The van der Waals surface area contributed by atoms with Crippen molar-refractivity contribution in [3.8, 4) is 0 Å². The van der Waals surface area contributed by atoms with E-state index in [1.807, 2.05) is 0 Å². The molecule has 25 heavy (non-hydrogen) atoms. The fourth-order valence-electron chi connectivity index (χ4n) is 2.62. The van der Waals surface area contributed by atoms with E-state index in [0.29, 0.717) is 6.42 Å². The van der Waals surface area contributed by atoms with E-state index in [-0.39, 0.29) is 18.6 Å². The number of carbonyl (C=O) groups excluding carboxylic acids is 2. The summed E-state index contributed by atoms with van der Waals surface area (Å²) in [5.74, 6) is -1.44. The van der Waals surface area contributed by atoms with Crippen LogP contribution in [0.4, 0.5) is 0 Å². The Labute approximate surface area is 154 Å². The lowest BCUT2D eigenvalue weighted by molar-refractivity contribution is -0.304. The highest BCUT2D eigenvalue weighted by molar-refractivity contribution is 5.80. The van der Waals surface area contributed by atoms with E-state index in [9.17, 15) is 14.7 Å². The smallest absolute Gasteiger partial charge is 0.220 e. The molecule has 0 aliphatic rings.